The summed E-state index contributed by atoms with van der Waals surface area (Å²) in [5, 5.41) is 13.1. The lowest BCUT2D eigenvalue weighted by atomic mass is 10.0. The molecule has 0 aromatic heterocycles. The van der Waals surface area contributed by atoms with E-state index in [-0.39, 0.29) is 6.42 Å². The first kappa shape index (κ1) is 13.0. The van der Waals surface area contributed by atoms with E-state index in [1.54, 1.807) is 0 Å². The fourth-order valence-corrected chi connectivity index (χ4v) is 1.89. The van der Waals surface area contributed by atoms with Crippen LogP contribution in [0.3, 0.4) is 0 Å². The number of rotatable bonds is 4. The van der Waals surface area contributed by atoms with E-state index in [4.69, 9.17) is 5.21 Å². The Morgan fingerprint density at radius 2 is 1.74 bits per heavy atom. The fraction of sp³-hybridized carbons (Fsp3) is 0.143. The van der Waals surface area contributed by atoms with E-state index in [9.17, 15) is 9.59 Å². The minimum atomic E-state index is -0.726. The van der Waals surface area contributed by atoms with Crippen molar-refractivity contribution in [2.24, 2.45) is 0 Å². The summed E-state index contributed by atoms with van der Waals surface area (Å²) >= 11 is 0. The van der Waals surface area contributed by atoms with Gasteiger partial charge in [-0.3, -0.25) is 14.8 Å². The molecule has 0 radical (unpaired) electrons. The van der Waals surface area contributed by atoms with Crippen LogP contribution in [0.5, 0.6) is 0 Å². The van der Waals surface area contributed by atoms with Crippen LogP contribution in [0.4, 0.5) is 0 Å². The van der Waals surface area contributed by atoms with Crippen LogP contribution in [0.1, 0.15) is 12.0 Å². The van der Waals surface area contributed by atoms with E-state index in [0.29, 0.717) is 6.54 Å². The number of hydroxylamine groups is 1. The Morgan fingerprint density at radius 3 is 2.53 bits per heavy atom. The van der Waals surface area contributed by atoms with E-state index in [0.717, 1.165) is 16.3 Å². The average molecular weight is 258 g/mol. The molecule has 3 N–H and O–H groups in total. The van der Waals surface area contributed by atoms with Gasteiger partial charge in [-0.1, -0.05) is 42.5 Å². The maximum atomic E-state index is 11.4. The van der Waals surface area contributed by atoms with E-state index < -0.39 is 11.8 Å². The molecule has 2 amide bonds. The van der Waals surface area contributed by atoms with Gasteiger partial charge in [0.05, 0.1) is 0 Å². The molecule has 0 fully saturated rings. The predicted molar refractivity (Wildman–Crippen MR) is 70.3 cm³/mol. The molecule has 0 aliphatic rings. The van der Waals surface area contributed by atoms with Crippen molar-refractivity contribution in [1.29, 1.82) is 0 Å². The maximum Gasteiger partial charge on any atom is 0.252 e. The number of amides is 2. The highest BCUT2D eigenvalue weighted by atomic mass is 16.5. The average Bonchev–Trinajstić information content (AvgIpc) is 2.44. The molecule has 0 atom stereocenters. The second-order valence-electron chi connectivity index (χ2n) is 4.13. The SMILES string of the molecule is O=C(CC(=O)NCc1cccc2ccccc12)NO. The lowest BCUT2D eigenvalue weighted by Gasteiger charge is -2.08. The minimum Gasteiger partial charge on any atom is -0.352 e. The van der Waals surface area contributed by atoms with E-state index in [2.05, 4.69) is 5.32 Å². The molecular formula is C14H14N2O3. The van der Waals surface area contributed by atoms with Crippen molar-refractivity contribution in [2.45, 2.75) is 13.0 Å². The van der Waals surface area contributed by atoms with Crippen molar-refractivity contribution < 1.29 is 14.8 Å². The second kappa shape index (κ2) is 5.97. The van der Waals surface area contributed by atoms with Gasteiger partial charge in [-0.05, 0) is 16.3 Å². The van der Waals surface area contributed by atoms with Crippen LogP contribution in [0.2, 0.25) is 0 Å². The number of carbonyl (C=O) groups is 2. The van der Waals surface area contributed by atoms with Crippen molar-refractivity contribution in [1.82, 2.24) is 10.8 Å². The Hall–Kier alpha value is -2.40. The van der Waals surface area contributed by atoms with Crippen LogP contribution >= 0.6 is 0 Å². The standard InChI is InChI=1S/C14H14N2O3/c17-13(8-14(18)16-19)15-9-11-6-3-5-10-4-1-2-7-12(10)11/h1-7,19H,8-9H2,(H,15,17)(H,16,18). The number of nitrogens with one attached hydrogen (secondary N) is 2. The Balaban J connectivity index is 2.06. The zero-order valence-electron chi connectivity index (χ0n) is 10.2. The van der Waals surface area contributed by atoms with Gasteiger partial charge in [-0.2, -0.15) is 0 Å². The fourth-order valence-electron chi connectivity index (χ4n) is 1.89. The maximum absolute atomic E-state index is 11.4. The van der Waals surface area contributed by atoms with Crippen LogP contribution in [-0.2, 0) is 16.1 Å². The van der Waals surface area contributed by atoms with Gasteiger partial charge < -0.3 is 5.32 Å². The molecule has 0 aliphatic heterocycles. The summed E-state index contributed by atoms with van der Waals surface area (Å²) in [5.41, 5.74) is 2.41. The largest absolute Gasteiger partial charge is 0.352 e. The number of hydrogen-bond donors (Lipinski definition) is 3. The first-order valence-corrected chi connectivity index (χ1v) is 5.87. The van der Waals surface area contributed by atoms with Gasteiger partial charge in [0, 0.05) is 6.54 Å². The van der Waals surface area contributed by atoms with Gasteiger partial charge in [-0.25, -0.2) is 5.48 Å². The molecule has 5 heteroatoms. The normalized spacial score (nSPS) is 10.2. The van der Waals surface area contributed by atoms with E-state index in [1.165, 1.54) is 5.48 Å². The molecule has 0 bridgehead atoms. The van der Waals surface area contributed by atoms with Gasteiger partial charge in [-0.15, -0.1) is 0 Å². The van der Waals surface area contributed by atoms with Crippen molar-refractivity contribution in [3.63, 3.8) is 0 Å². The van der Waals surface area contributed by atoms with E-state index >= 15 is 0 Å². The summed E-state index contributed by atoms with van der Waals surface area (Å²) < 4.78 is 0. The molecule has 2 aromatic carbocycles. The lowest BCUT2D eigenvalue weighted by Crippen LogP contribution is -2.30. The van der Waals surface area contributed by atoms with Gasteiger partial charge in [0.15, 0.2) is 0 Å². The van der Waals surface area contributed by atoms with Gasteiger partial charge in [0.25, 0.3) is 5.91 Å². The Kier molecular flexibility index (Phi) is 4.10. The summed E-state index contributed by atoms with van der Waals surface area (Å²) in [6.07, 6.45) is -0.388. The van der Waals surface area contributed by atoms with Crippen LogP contribution in [0.15, 0.2) is 42.5 Å². The second-order valence-corrected chi connectivity index (χ2v) is 4.13. The molecule has 0 aliphatic carbocycles. The third-order valence-electron chi connectivity index (χ3n) is 2.80. The highest BCUT2D eigenvalue weighted by molar-refractivity contribution is 5.96. The first-order chi connectivity index (χ1) is 9.20. The Bertz CT molecular complexity index is 605. The summed E-state index contributed by atoms with van der Waals surface area (Å²) in [4.78, 5) is 22.3. The monoisotopic (exact) mass is 258 g/mol. The molecule has 0 saturated carbocycles. The molecule has 98 valence electrons. The minimum absolute atomic E-state index is 0.346. The molecular weight excluding hydrogens is 244 g/mol. The van der Waals surface area contributed by atoms with Gasteiger partial charge >= 0.3 is 0 Å². The summed E-state index contributed by atoms with van der Waals surface area (Å²) in [6.45, 7) is 0.346. The van der Waals surface area contributed by atoms with Crippen LogP contribution in [0, 0.1) is 0 Å². The highest BCUT2D eigenvalue weighted by Crippen LogP contribution is 2.18. The molecule has 0 unspecified atom stereocenters. The molecule has 2 rings (SSSR count). The summed E-state index contributed by atoms with van der Waals surface area (Å²) in [6, 6.07) is 13.7. The zero-order chi connectivity index (χ0) is 13.7. The van der Waals surface area contributed by atoms with Crippen molar-refractivity contribution in [2.75, 3.05) is 0 Å². The zero-order valence-corrected chi connectivity index (χ0v) is 10.2. The van der Waals surface area contributed by atoms with Crippen LogP contribution in [0.25, 0.3) is 10.8 Å². The Morgan fingerprint density at radius 1 is 1.00 bits per heavy atom. The summed E-state index contributed by atoms with van der Waals surface area (Å²) in [7, 11) is 0. The Labute approximate surface area is 110 Å². The summed E-state index contributed by atoms with van der Waals surface area (Å²) in [5.74, 6) is -1.16. The molecule has 0 heterocycles. The topological polar surface area (TPSA) is 78.4 Å². The number of carbonyl (C=O) groups excluding carboxylic acids is 2. The van der Waals surface area contributed by atoms with Crippen molar-refractivity contribution in [3.05, 3.63) is 48.0 Å². The molecule has 0 saturated heterocycles. The number of hydrogen-bond acceptors (Lipinski definition) is 3. The van der Waals surface area contributed by atoms with Crippen molar-refractivity contribution in [3.8, 4) is 0 Å². The molecule has 2 aromatic rings. The van der Waals surface area contributed by atoms with Crippen LogP contribution < -0.4 is 10.8 Å². The predicted octanol–water partition coefficient (Wildman–Crippen LogP) is 1.35. The smallest absolute Gasteiger partial charge is 0.252 e. The molecule has 5 nitrogen and oxygen atoms in total. The van der Waals surface area contributed by atoms with Gasteiger partial charge in [0.2, 0.25) is 5.91 Å². The third-order valence-corrected chi connectivity index (χ3v) is 2.80. The lowest BCUT2D eigenvalue weighted by molar-refractivity contribution is -0.134. The number of benzene rings is 2. The van der Waals surface area contributed by atoms with Gasteiger partial charge in [0.1, 0.15) is 6.42 Å². The third kappa shape index (κ3) is 3.29. The first-order valence-electron chi connectivity index (χ1n) is 5.87. The van der Waals surface area contributed by atoms with E-state index in [1.807, 2.05) is 42.5 Å². The molecule has 19 heavy (non-hydrogen) atoms. The van der Waals surface area contributed by atoms with Crippen LogP contribution in [-0.4, -0.2) is 17.0 Å². The van der Waals surface area contributed by atoms with Crippen molar-refractivity contribution >= 4 is 22.6 Å². The number of fused-ring (bicyclic) bond motifs is 1. The highest BCUT2D eigenvalue weighted by Gasteiger charge is 2.08. The molecule has 0 spiro atoms. The quantitative estimate of drug-likeness (QED) is 0.440.